The highest BCUT2D eigenvalue weighted by atomic mass is 14.9. The third-order valence-corrected chi connectivity index (χ3v) is 4.38. The van der Waals surface area contributed by atoms with Crippen molar-refractivity contribution in [1.82, 2.24) is 9.97 Å². The molecule has 1 heterocycles. The summed E-state index contributed by atoms with van der Waals surface area (Å²) in [6.45, 7) is 2.25. The zero-order valence-electron chi connectivity index (χ0n) is 14.5. The van der Waals surface area contributed by atoms with Gasteiger partial charge in [0.1, 0.15) is 5.82 Å². The van der Waals surface area contributed by atoms with Crippen LogP contribution in [0.3, 0.4) is 0 Å². The summed E-state index contributed by atoms with van der Waals surface area (Å²) in [7, 11) is 0. The Morgan fingerprint density at radius 2 is 1.38 bits per heavy atom. The lowest BCUT2D eigenvalue weighted by Crippen LogP contribution is -1.89. The monoisotopic (exact) mass is 318 g/mol. The van der Waals surface area contributed by atoms with Gasteiger partial charge in [-0.05, 0) is 6.42 Å². The zero-order chi connectivity index (χ0) is 16.6. The van der Waals surface area contributed by atoms with Gasteiger partial charge in [-0.25, -0.2) is 4.98 Å². The minimum atomic E-state index is 1.02. The minimum absolute atomic E-state index is 1.02. The van der Waals surface area contributed by atoms with E-state index in [9.17, 15) is 0 Å². The van der Waals surface area contributed by atoms with Gasteiger partial charge in [0.15, 0.2) is 0 Å². The van der Waals surface area contributed by atoms with Gasteiger partial charge in [-0.15, -0.1) is 0 Å². The summed E-state index contributed by atoms with van der Waals surface area (Å²) < 4.78 is 0. The Morgan fingerprint density at radius 3 is 2.04 bits per heavy atom. The highest BCUT2D eigenvalue weighted by Gasteiger charge is 2.13. The van der Waals surface area contributed by atoms with Crippen molar-refractivity contribution >= 4 is 0 Å². The number of nitrogens with one attached hydrogen (secondary N) is 1. The maximum atomic E-state index is 4.92. The van der Waals surface area contributed by atoms with E-state index in [-0.39, 0.29) is 0 Å². The molecule has 3 rings (SSSR count). The van der Waals surface area contributed by atoms with Crippen LogP contribution in [0.25, 0.3) is 22.5 Å². The predicted molar refractivity (Wildman–Crippen MR) is 102 cm³/mol. The average Bonchev–Trinajstić information content (AvgIpc) is 3.07. The van der Waals surface area contributed by atoms with Crippen LogP contribution >= 0.6 is 0 Å². The molecule has 2 aromatic carbocycles. The standard InChI is InChI=1S/C22H26N2/c1-2-3-4-5-12-17-20-23-21(18-13-8-6-9-14-18)22(24-20)19-15-10-7-11-16-19/h6-11,13-16H,2-5,12,17H2,1H3,(H,23,24). The average molecular weight is 318 g/mol. The third-order valence-electron chi connectivity index (χ3n) is 4.38. The number of aromatic amines is 1. The first-order chi connectivity index (χ1) is 11.9. The highest BCUT2D eigenvalue weighted by Crippen LogP contribution is 2.30. The molecule has 0 atom stereocenters. The molecule has 1 aromatic heterocycles. The Labute approximate surface area is 145 Å². The number of imidazole rings is 1. The lowest BCUT2D eigenvalue weighted by molar-refractivity contribution is 0.625. The number of aromatic nitrogens is 2. The molecule has 0 aliphatic rings. The molecule has 2 heteroatoms. The van der Waals surface area contributed by atoms with Gasteiger partial charge in [-0.3, -0.25) is 0 Å². The van der Waals surface area contributed by atoms with E-state index in [1.807, 2.05) is 6.07 Å². The zero-order valence-corrected chi connectivity index (χ0v) is 14.5. The molecular formula is C22H26N2. The molecule has 2 nitrogen and oxygen atoms in total. The van der Waals surface area contributed by atoms with Crippen molar-refractivity contribution in [1.29, 1.82) is 0 Å². The van der Waals surface area contributed by atoms with E-state index in [0.29, 0.717) is 0 Å². The van der Waals surface area contributed by atoms with Crippen molar-refractivity contribution in [3.05, 3.63) is 66.5 Å². The number of unbranched alkanes of at least 4 members (excludes halogenated alkanes) is 4. The largest absolute Gasteiger partial charge is 0.341 e. The Balaban J connectivity index is 1.83. The Kier molecular flexibility index (Phi) is 5.84. The van der Waals surface area contributed by atoms with Crippen LogP contribution in [0.4, 0.5) is 0 Å². The number of H-pyrrole nitrogens is 1. The summed E-state index contributed by atoms with van der Waals surface area (Å²) in [4.78, 5) is 8.50. The first-order valence-electron chi connectivity index (χ1n) is 9.08. The molecule has 0 radical (unpaired) electrons. The molecule has 0 aliphatic carbocycles. The fourth-order valence-corrected chi connectivity index (χ4v) is 3.06. The minimum Gasteiger partial charge on any atom is -0.341 e. The van der Waals surface area contributed by atoms with Gasteiger partial charge in [0.05, 0.1) is 11.4 Å². The van der Waals surface area contributed by atoms with Gasteiger partial charge in [-0.1, -0.05) is 93.3 Å². The SMILES string of the molecule is CCCCCCCc1nc(-c2ccccc2)c(-c2ccccc2)[nH]1. The number of hydrogen-bond acceptors (Lipinski definition) is 1. The molecule has 0 saturated carbocycles. The van der Waals surface area contributed by atoms with E-state index in [1.165, 1.54) is 43.2 Å². The van der Waals surface area contributed by atoms with Crippen LogP contribution in [0.2, 0.25) is 0 Å². The van der Waals surface area contributed by atoms with Gasteiger partial charge in [0.25, 0.3) is 0 Å². The van der Waals surface area contributed by atoms with Gasteiger partial charge in [0, 0.05) is 17.5 Å². The van der Waals surface area contributed by atoms with Crippen molar-refractivity contribution in [2.75, 3.05) is 0 Å². The predicted octanol–water partition coefficient (Wildman–Crippen LogP) is 6.26. The van der Waals surface area contributed by atoms with Gasteiger partial charge < -0.3 is 4.98 Å². The number of benzene rings is 2. The lowest BCUT2D eigenvalue weighted by Gasteiger charge is -2.02. The van der Waals surface area contributed by atoms with Gasteiger partial charge in [0.2, 0.25) is 0 Å². The number of aryl methyl sites for hydroxylation is 1. The molecule has 0 unspecified atom stereocenters. The highest BCUT2D eigenvalue weighted by molar-refractivity contribution is 5.78. The molecule has 0 spiro atoms. The maximum Gasteiger partial charge on any atom is 0.107 e. The third kappa shape index (κ3) is 4.14. The van der Waals surface area contributed by atoms with E-state index in [1.54, 1.807) is 0 Å². The summed E-state index contributed by atoms with van der Waals surface area (Å²) in [6, 6.07) is 21.0. The normalized spacial score (nSPS) is 10.9. The topological polar surface area (TPSA) is 28.7 Å². The molecule has 124 valence electrons. The summed E-state index contributed by atoms with van der Waals surface area (Å²) >= 11 is 0. The van der Waals surface area contributed by atoms with E-state index in [2.05, 4.69) is 66.5 Å². The Morgan fingerprint density at radius 1 is 0.750 bits per heavy atom. The molecule has 0 bridgehead atoms. The molecule has 0 amide bonds. The smallest absolute Gasteiger partial charge is 0.107 e. The number of hydrogen-bond donors (Lipinski definition) is 1. The number of rotatable bonds is 8. The molecule has 3 aromatic rings. The van der Waals surface area contributed by atoms with E-state index in [0.717, 1.165) is 23.6 Å². The van der Waals surface area contributed by atoms with E-state index >= 15 is 0 Å². The van der Waals surface area contributed by atoms with Crippen molar-refractivity contribution < 1.29 is 0 Å². The quantitative estimate of drug-likeness (QED) is 0.488. The first kappa shape index (κ1) is 16.5. The molecule has 0 aliphatic heterocycles. The second-order valence-electron chi connectivity index (χ2n) is 6.30. The van der Waals surface area contributed by atoms with Gasteiger partial charge in [-0.2, -0.15) is 0 Å². The molecule has 0 fully saturated rings. The summed E-state index contributed by atoms with van der Waals surface area (Å²) in [5.74, 6) is 1.10. The summed E-state index contributed by atoms with van der Waals surface area (Å²) in [5.41, 5.74) is 4.56. The van der Waals surface area contributed by atoms with E-state index < -0.39 is 0 Å². The molecule has 1 N–H and O–H groups in total. The summed E-state index contributed by atoms with van der Waals surface area (Å²) in [5, 5.41) is 0. The van der Waals surface area contributed by atoms with Crippen molar-refractivity contribution in [2.45, 2.75) is 45.4 Å². The van der Waals surface area contributed by atoms with E-state index in [4.69, 9.17) is 4.98 Å². The van der Waals surface area contributed by atoms with Crippen molar-refractivity contribution in [2.24, 2.45) is 0 Å². The van der Waals surface area contributed by atoms with Crippen molar-refractivity contribution in [3.63, 3.8) is 0 Å². The summed E-state index contributed by atoms with van der Waals surface area (Å²) in [6.07, 6.45) is 7.47. The fourth-order valence-electron chi connectivity index (χ4n) is 3.06. The molecule has 0 saturated heterocycles. The van der Waals surface area contributed by atoms with Gasteiger partial charge >= 0.3 is 0 Å². The lowest BCUT2D eigenvalue weighted by atomic mass is 10.1. The molecular weight excluding hydrogens is 292 g/mol. The Hall–Kier alpha value is -2.35. The van der Waals surface area contributed by atoms with Crippen LogP contribution in [0.5, 0.6) is 0 Å². The van der Waals surface area contributed by atoms with Crippen LogP contribution in [-0.4, -0.2) is 9.97 Å². The van der Waals surface area contributed by atoms with Crippen molar-refractivity contribution in [3.8, 4) is 22.5 Å². The van der Waals surface area contributed by atoms with Crippen LogP contribution in [0.15, 0.2) is 60.7 Å². The second kappa shape index (κ2) is 8.49. The number of nitrogens with zero attached hydrogens (tertiary/aromatic N) is 1. The van der Waals surface area contributed by atoms with Crippen LogP contribution in [-0.2, 0) is 6.42 Å². The maximum absolute atomic E-state index is 4.92. The first-order valence-corrected chi connectivity index (χ1v) is 9.08. The Bertz CT molecular complexity index is 672. The fraction of sp³-hybridized carbons (Fsp3) is 0.318. The van der Waals surface area contributed by atoms with Crippen LogP contribution < -0.4 is 0 Å². The van der Waals surface area contributed by atoms with Crippen LogP contribution in [0.1, 0.15) is 44.9 Å². The second-order valence-corrected chi connectivity index (χ2v) is 6.30. The van der Waals surface area contributed by atoms with Crippen LogP contribution in [0, 0.1) is 0 Å². The molecule has 24 heavy (non-hydrogen) atoms.